The summed E-state index contributed by atoms with van der Waals surface area (Å²) < 4.78 is 25.3. The molecule has 1 unspecified atom stereocenters. The molecule has 2 N–H and O–H groups in total. The van der Waals surface area contributed by atoms with E-state index in [0.717, 1.165) is 24.2 Å². The van der Waals surface area contributed by atoms with Gasteiger partial charge >= 0.3 is 0 Å². The van der Waals surface area contributed by atoms with Crippen LogP contribution in [0.3, 0.4) is 0 Å². The summed E-state index contributed by atoms with van der Waals surface area (Å²) in [5.74, 6) is 0.884. The van der Waals surface area contributed by atoms with Crippen LogP contribution in [0.15, 0.2) is 36.4 Å². The molecule has 0 aliphatic carbocycles. The molecule has 8 nitrogen and oxygen atoms in total. The van der Waals surface area contributed by atoms with Crippen molar-refractivity contribution in [1.29, 1.82) is 0 Å². The van der Waals surface area contributed by atoms with Crippen molar-refractivity contribution in [3.63, 3.8) is 0 Å². The smallest absolute Gasteiger partial charge is 0.239 e. The Balaban J connectivity index is 1.36. The second-order valence-corrected chi connectivity index (χ2v) is 10.2. The highest BCUT2D eigenvalue weighted by atomic mass is 32.2. The van der Waals surface area contributed by atoms with Crippen LogP contribution in [-0.2, 0) is 14.6 Å². The molecule has 2 aliphatic heterocycles. The highest BCUT2D eigenvalue weighted by Crippen LogP contribution is 2.27. The van der Waals surface area contributed by atoms with E-state index >= 15 is 0 Å². The lowest BCUT2D eigenvalue weighted by molar-refractivity contribution is -0.117. The van der Waals surface area contributed by atoms with Crippen LogP contribution >= 0.6 is 0 Å². The zero-order chi connectivity index (χ0) is 21.3. The van der Waals surface area contributed by atoms with Crippen molar-refractivity contribution in [2.45, 2.75) is 25.8 Å². The van der Waals surface area contributed by atoms with Crippen LogP contribution in [0.1, 0.15) is 30.1 Å². The first-order valence-electron chi connectivity index (χ1n) is 10.1. The average Bonchev–Trinajstić information content (AvgIpc) is 3.24. The van der Waals surface area contributed by atoms with Gasteiger partial charge in [0, 0.05) is 19.2 Å². The average molecular weight is 431 g/mol. The first kappa shape index (κ1) is 20.6. The molecule has 4 rings (SSSR count). The Morgan fingerprint density at radius 3 is 2.70 bits per heavy atom. The Hall–Kier alpha value is -2.65. The number of anilines is 1. The van der Waals surface area contributed by atoms with E-state index in [1.165, 1.54) is 5.57 Å². The van der Waals surface area contributed by atoms with Crippen LogP contribution in [0.5, 0.6) is 5.75 Å². The van der Waals surface area contributed by atoms with Crippen LogP contribution in [0, 0.1) is 6.92 Å². The number of nitrogens with one attached hydrogen (secondary N) is 1. The summed E-state index contributed by atoms with van der Waals surface area (Å²) in [5.41, 5.74) is 3.04. The largest absolute Gasteiger partial charge is 0.508 e. The molecule has 2 aliphatic rings. The van der Waals surface area contributed by atoms with E-state index in [2.05, 4.69) is 21.4 Å². The van der Waals surface area contributed by atoms with Crippen molar-refractivity contribution in [1.82, 2.24) is 14.7 Å². The number of nitrogens with zero attached hydrogens (tertiary/aromatic N) is 3. The lowest BCUT2D eigenvalue weighted by Crippen LogP contribution is -2.36. The lowest BCUT2D eigenvalue weighted by atomic mass is 9.99. The molecule has 1 saturated heterocycles. The number of hydrogen-bond donors (Lipinski definition) is 2. The van der Waals surface area contributed by atoms with Gasteiger partial charge in [-0.2, -0.15) is 5.10 Å². The quantitative estimate of drug-likeness (QED) is 0.752. The van der Waals surface area contributed by atoms with Crippen molar-refractivity contribution >= 4 is 27.1 Å². The summed E-state index contributed by atoms with van der Waals surface area (Å²) in [7, 11) is -3.03. The molecule has 9 heteroatoms. The van der Waals surface area contributed by atoms with Crippen molar-refractivity contribution in [3.8, 4) is 5.75 Å². The molecule has 0 radical (unpaired) electrons. The predicted molar refractivity (Wildman–Crippen MR) is 115 cm³/mol. The number of aryl methyl sites for hydroxylation is 1. The van der Waals surface area contributed by atoms with E-state index < -0.39 is 9.84 Å². The minimum atomic E-state index is -3.03. The maximum atomic E-state index is 12.6. The van der Waals surface area contributed by atoms with Gasteiger partial charge < -0.3 is 10.4 Å². The van der Waals surface area contributed by atoms with Gasteiger partial charge in [-0.25, -0.2) is 13.1 Å². The van der Waals surface area contributed by atoms with Crippen molar-refractivity contribution in [2.75, 3.05) is 36.5 Å². The third kappa shape index (κ3) is 4.73. The van der Waals surface area contributed by atoms with Crippen molar-refractivity contribution < 1.29 is 18.3 Å². The summed E-state index contributed by atoms with van der Waals surface area (Å²) in [6.07, 6.45) is 3.46. The molecule has 1 fully saturated rings. The minimum Gasteiger partial charge on any atom is -0.508 e. The van der Waals surface area contributed by atoms with Crippen LogP contribution in [-0.4, -0.2) is 65.3 Å². The summed E-state index contributed by atoms with van der Waals surface area (Å²) in [6.45, 7) is 3.52. The van der Waals surface area contributed by atoms with Crippen LogP contribution in [0.2, 0.25) is 0 Å². The van der Waals surface area contributed by atoms with E-state index in [0.29, 0.717) is 18.8 Å². The Bertz CT molecular complexity index is 1070. The number of sulfone groups is 1. The van der Waals surface area contributed by atoms with Gasteiger partial charge in [0.15, 0.2) is 9.84 Å². The van der Waals surface area contributed by atoms with Gasteiger partial charge in [-0.3, -0.25) is 9.69 Å². The Labute approximate surface area is 176 Å². The second kappa shape index (κ2) is 8.23. The summed E-state index contributed by atoms with van der Waals surface area (Å²) in [4.78, 5) is 14.7. The number of benzene rings is 1. The molecule has 1 atom stereocenters. The summed E-state index contributed by atoms with van der Waals surface area (Å²) in [6, 6.07) is 8.70. The standard InChI is InChI=1S/C21H26N4O4S/c1-15-12-20(25(23-15)18-8-11-30(28,29)14-18)22-21(27)13-24-9-6-17(7-10-24)16-2-4-19(26)5-3-16/h2-6,12,18,26H,7-11,13-14H2,1H3,(H,22,27). The number of carbonyl (C=O) groups is 1. The normalized spacial score (nSPS) is 21.4. The van der Waals surface area contributed by atoms with Crippen LogP contribution in [0.25, 0.3) is 5.57 Å². The first-order chi connectivity index (χ1) is 14.3. The third-order valence-electron chi connectivity index (χ3n) is 5.58. The van der Waals surface area contributed by atoms with E-state index in [1.807, 2.05) is 19.1 Å². The molecular weight excluding hydrogens is 404 g/mol. The summed E-state index contributed by atoms with van der Waals surface area (Å²) >= 11 is 0. The van der Waals surface area contributed by atoms with Gasteiger partial charge in [-0.15, -0.1) is 0 Å². The fourth-order valence-electron chi connectivity index (χ4n) is 4.03. The number of carbonyl (C=O) groups excluding carboxylic acids is 1. The monoisotopic (exact) mass is 430 g/mol. The third-order valence-corrected chi connectivity index (χ3v) is 7.33. The van der Waals surface area contributed by atoms with E-state index in [4.69, 9.17) is 0 Å². The Kier molecular flexibility index (Phi) is 5.66. The van der Waals surface area contributed by atoms with Gasteiger partial charge in [0.05, 0.1) is 29.8 Å². The van der Waals surface area contributed by atoms with Crippen molar-refractivity contribution in [2.24, 2.45) is 0 Å². The van der Waals surface area contributed by atoms with Gasteiger partial charge in [-0.1, -0.05) is 18.2 Å². The zero-order valence-corrected chi connectivity index (χ0v) is 17.7. The Morgan fingerprint density at radius 1 is 1.30 bits per heavy atom. The first-order valence-corrected chi connectivity index (χ1v) is 11.9. The molecule has 0 saturated carbocycles. The van der Waals surface area contributed by atoms with Crippen LogP contribution in [0.4, 0.5) is 5.82 Å². The highest BCUT2D eigenvalue weighted by Gasteiger charge is 2.31. The number of aromatic hydroxyl groups is 1. The van der Waals surface area contributed by atoms with Gasteiger partial charge in [0.2, 0.25) is 5.91 Å². The fourth-order valence-corrected chi connectivity index (χ4v) is 5.73. The van der Waals surface area contributed by atoms with E-state index in [1.54, 1.807) is 22.9 Å². The molecule has 0 spiro atoms. The minimum absolute atomic E-state index is 0.0634. The molecule has 2 aromatic rings. The molecule has 3 heterocycles. The number of aromatic nitrogens is 2. The molecule has 1 amide bonds. The topological polar surface area (TPSA) is 105 Å². The number of hydrogen-bond acceptors (Lipinski definition) is 6. The predicted octanol–water partition coefficient (Wildman–Crippen LogP) is 1.98. The molecule has 0 bridgehead atoms. The van der Waals surface area contributed by atoms with Crippen molar-refractivity contribution in [3.05, 3.63) is 47.7 Å². The number of phenolic OH excluding ortho intramolecular Hbond substituents is 1. The Morgan fingerprint density at radius 2 is 2.07 bits per heavy atom. The van der Waals surface area contributed by atoms with Gasteiger partial charge in [0.1, 0.15) is 11.6 Å². The second-order valence-electron chi connectivity index (χ2n) is 7.98. The molecule has 30 heavy (non-hydrogen) atoms. The molecule has 1 aromatic heterocycles. The zero-order valence-electron chi connectivity index (χ0n) is 16.9. The van der Waals surface area contributed by atoms with Gasteiger partial charge in [-0.05, 0) is 43.0 Å². The number of phenols is 1. The maximum Gasteiger partial charge on any atom is 0.239 e. The lowest BCUT2D eigenvalue weighted by Gasteiger charge is -2.26. The van der Waals surface area contributed by atoms with E-state index in [9.17, 15) is 18.3 Å². The maximum absolute atomic E-state index is 12.6. The number of amides is 1. The SMILES string of the molecule is Cc1cc(NC(=O)CN2CC=C(c3ccc(O)cc3)CC2)n(C2CCS(=O)(=O)C2)n1. The molecule has 1 aromatic carbocycles. The highest BCUT2D eigenvalue weighted by molar-refractivity contribution is 7.91. The molecule has 160 valence electrons. The van der Waals surface area contributed by atoms with Gasteiger partial charge in [0.25, 0.3) is 0 Å². The fraction of sp³-hybridized carbons (Fsp3) is 0.429. The summed E-state index contributed by atoms with van der Waals surface area (Å²) in [5, 5.41) is 16.7. The van der Waals surface area contributed by atoms with Crippen LogP contribution < -0.4 is 5.32 Å². The van der Waals surface area contributed by atoms with E-state index in [-0.39, 0.29) is 35.7 Å². The number of rotatable bonds is 5. The molecular formula is C21H26N4O4S.